The number of aromatic nitrogens is 3. The zero-order valence-corrected chi connectivity index (χ0v) is 22.1. The maximum absolute atomic E-state index is 4.86. The van der Waals surface area contributed by atoms with Gasteiger partial charge in [-0.3, -0.25) is 0 Å². The summed E-state index contributed by atoms with van der Waals surface area (Å²) in [7, 11) is 0. The van der Waals surface area contributed by atoms with Crippen LogP contribution in [0.25, 0.3) is 27.8 Å². The van der Waals surface area contributed by atoms with Crippen molar-refractivity contribution in [1.29, 1.82) is 0 Å². The van der Waals surface area contributed by atoms with Crippen LogP contribution < -0.4 is 9.80 Å². The lowest BCUT2D eigenvalue weighted by atomic mass is 10.1. The molecule has 3 aromatic carbocycles. The Hall–Kier alpha value is -3.64. The van der Waals surface area contributed by atoms with E-state index in [1.54, 1.807) is 6.33 Å². The molecule has 0 amide bonds. The molecule has 0 unspecified atom stereocenters. The van der Waals surface area contributed by atoms with Crippen molar-refractivity contribution in [2.24, 2.45) is 0 Å². The number of benzene rings is 3. The van der Waals surface area contributed by atoms with Gasteiger partial charge in [-0.2, -0.15) is 0 Å². The molecule has 0 saturated carbocycles. The third kappa shape index (κ3) is 4.16. The van der Waals surface area contributed by atoms with Crippen molar-refractivity contribution in [2.45, 2.75) is 19.9 Å². The second-order valence-electron chi connectivity index (χ2n) is 9.48. The molecule has 1 aliphatic heterocycles. The van der Waals surface area contributed by atoms with Crippen LogP contribution in [-0.4, -0.2) is 40.2 Å². The van der Waals surface area contributed by atoms with Crippen LogP contribution >= 0.6 is 15.9 Å². The molecular formula is C30H28BrN5. The van der Waals surface area contributed by atoms with Crippen molar-refractivity contribution in [2.75, 3.05) is 29.4 Å². The monoisotopic (exact) mass is 537 g/mol. The molecular weight excluding hydrogens is 510 g/mol. The highest BCUT2D eigenvalue weighted by molar-refractivity contribution is 9.10. The van der Waals surface area contributed by atoms with Gasteiger partial charge in [0.05, 0.1) is 5.39 Å². The normalized spacial score (nSPS) is 16.0. The van der Waals surface area contributed by atoms with Crippen molar-refractivity contribution in [3.8, 4) is 16.8 Å². The van der Waals surface area contributed by atoms with E-state index in [4.69, 9.17) is 9.97 Å². The lowest BCUT2D eigenvalue weighted by Gasteiger charge is -2.42. The Morgan fingerprint density at radius 3 is 2.42 bits per heavy atom. The Labute approximate surface area is 220 Å². The molecule has 1 saturated heterocycles. The number of aryl methyl sites for hydroxylation is 1. The number of hydrogen-bond donors (Lipinski definition) is 0. The van der Waals surface area contributed by atoms with Crippen LogP contribution in [0.5, 0.6) is 0 Å². The maximum Gasteiger partial charge on any atom is 0.150 e. The SMILES string of the molecule is Cc1cccc(N2CCN(c3ncnc4c3c(-c3ccccc3)cn4-c3ccc(Br)cc3)C[C@@H]2C)c1. The molecule has 0 N–H and O–H groups in total. The fraction of sp³-hybridized carbons (Fsp3) is 0.200. The first kappa shape index (κ1) is 22.8. The molecule has 1 atom stereocenters. The number of hydrogen-bond acceptors (Lipinski definition) is 4. The molecule has 2 aromatic heterocycles. The second kappa shape index (κ2) is 9.43. The molecule has 1 fully saturated rings. The summed E-state index contributed by atoms with van der Waals surface area (Å²) >= 11 is 3.56. The van der Waals surface area contributed by atoms with Gasteiger partial charge in [-0.25, -0.2) is 9.97 Å². The summed E-state index contributed by atoms with van der Waals surface area (Å²) < 4.78 is 3.24. The van der Waals surface area contributed by atoms with E-state index >= 15 is 0 Å². The summed E-state index contributed by atoms with van der Waals surface area (Å²) in [6.07, 6.45) is 3.91. The second-order valence-corrected chi connectivity index (χ2v) is 10.4. The summed E-state index contributed by atoms with van der Waals surface area (Å²) in [6, 6.07) is 28.1. The Morgan fingerprint density at radius 1 is 0.861 bits per heavy atom. The van der Waals surface area contributed by atoms with Crippen LogP contribution in [0.1, 0.15) is 12.5 Å². The summed E-state index contributed by atoms with van der Waals surface area (Å²) in [5, 5.41) is 1.10. The minimum absolute atomic E-state index is 0.360. The highest BCUT2D eigenvalue weighted by Crippen LogP contribution is 2.37. The number of fused-ring (bicyclic) bond motifs is 1. The molecule has 0 radical (unpaired) electrons. The third-order valence-electron chi connectivity index (χ3n) is 7.01. The smallest absolute Gasteiger partial charge is 0.150 e. The first-order chi connectivity index (χ1) is 17.6. The van der Waals surface area contributed by atoms with Gasteiger partial charge in [0.1, 0.15) is 12.1 Å². The van der Waals surface area contributed by atoms with Crippen molar-refractivity contribution < 1.29 is 0 Å². The summed E-state index contributed by atoms with van der Waals surface area (Å²) in [5.74, 6) is 1.01. The molecule has 36 heavy (non-hydrogen) atoms. The molecule has 5 aromatic rings. The zero-order valence-electron chi connectivity index (χ0n) is 20.5. The fourth-order valence-electron chi connectivity index (χ4n) is 5.26. The maximum atomic E-state index is 4.86. The van der Waals surface area contributed by atoms with Gasteiger partial charge in [-0.1, -0.05) is 58.4 Å². The van der Waals surface area contributed by atoms with E-state index < -0.39 is 0 Å². The van der Waals surface area contributed by atoms with Crippen LogP contribution in [0.4, 0.5) is 11.5 Å². The highest BCUT2D eigenvalue weighted by Gasteiger charge is 2.28. The summed E-state index contributed by atoms with van der Waals surface area (Å²) in [4.78, 5) is 14.6. The van der Waals surface area contributed by atoms with Crippen LogP contribution in [0.3, 0.4) is 0 Å². The van der Waals surface area contributed by atoms with Gasteiger partial charge in [0.2, 0.25) is 0 Å². The largest absolute Gasteiger partial charge is 0.365 e. The lowest BCUT2D eigenvalue weighted by molar-refractivity contribution is 0.548. The van der Waals surface area contributed by atoms with Gasteiger partial charge in [-0.05, 0) is 61.4 Å². The molecule has 1 aliphatic rings. The zero-order chi connectivity index (χ0) is 24.6. The van der Waals surface area contributed by atoms with Crippen LogP contribution in [0.2, 0.25) is 0 Å². The first-order valence-corrected chi connectivity index (χ1v) is 13.1. The van der Waals surface area contributed by atoms with Gasteiger partial charge in [-0.15, -0.1) is 0 Å². The molecule has 0 spiro atoms. The Morgan fingerprint density at radius 2 is 1.67 bits per heavy atom. The average molecular weight is 538 g/mol. The van der Waals surface area contributed by atoms with Crippen molar-refractivity contribution in [1.82, 2.24) is 14.5 Å². The number of rotatable bonds is 4. The van der Waals surface area contributed by atoms with Gasteiger partial charge in [0.25, 0.3) is 0 Å². The van der Waals surface area contributed by atoms with E-state index in [1.807, 2.05) is 0 Å². The Balaban J connectivity index is 1.44. The molecule has 5 nitrogen and oxygen atoms in total. The minimum Gasteiger partial charge on any atom is -0.365 e. The number of anilines is 2. The predicted molar refractivity (Wildman–Crippen MR) is 152 cm³/mol. The third-order valence-corrected chi connectivity index (χ3v) is 7.54. The Kier molecular flexibility index (Phi) is 5.97. The number of halogens is 1. The van der Waals surface area contributed by atoms with Gasteiger partial charge in [0, 0.05) is 53.3 Å². The topological polar surface area (TPSA) is 37.2 Å². The van der Waals surface area contributed by atoms with Crippen molar-refractivity contribution >= 4 is 38.5 Å². The molecule has 6 heteroatoms. The summed E-state index contributed by atoms with van der Waals surface area (Å²) in [6.45, 7) is 7.21. The van der Waals surface area contributed by atoms with E-state index in [2.05, 4.69) is 129 Å². The summed E-state index contributed by atoms with van der Waals surface area (Å²) in [5.41, 5.74) is 6.91. The van der Waals surface area contributed by atoms with Crippen molar-refractivity contribution in [3.05, 3.63) is 101 Å². The molecule has 6 rings (SSSR count). The van der Waals surface area contributed by atoms with Gasteiger partial charge < -0.3 is 14.4 Å². The van der Waals surface area contributed by atoms with E-state index in [0.717, 1.165) is 52.2 Å². The quantitative estimate of drug-likeness (QED) is 0.250. The van der Waals surface area contributed by atoms with Crippen molar-refractivity contribution in [3.63, 3.8) is 0 Å². The van der Waals surface area contributed by atoms with Gasteiger partial charge >= 0.3 is 0 Å². The Bertz CT molecular complexity index is 1510. The highest BCUT2D eigenvalue weighted by atomic mass is 79.9. The van der Waals surface area contributed by atoms with Crippen LogP contribution in [-0.2, 0) is 0 Å². The van der Waals surface area contributed by atoms with Gasteiger partial charge in [0.15, 0.2) is 5.65 Å². The number of piperazine rings is 1. The van der Waals surface area contributed by atoms with E-state index in [0.29, 0.717) is 6.04 Å². The molecule has 0 aliphatic carbocycles. The molecule has 180 valence electrons. The molecule has 0 bridgehead atoms. The van der Waals surface area contributed by atoms with Crippen LogP contribution in [0.15, 0.2) is 95.9 Å². The average Bonchev–Trinajstić information content (AvgIpc) is 3.29. The first-order valence-electron chi connectivity index (χ1n) is 12.3. The predicted octanol–water partition coefficient (Wildman–Crippen LogP) is 6.87. The van der Waals surface area contributed by atoms with E-state index in [9.17, 15) is 0 Å². The van der Waals surface area contributed by atoms with Crippen LogP contribution in [0, 0.1) is 6.92 Å². The lowest BCUT2D eigenvalue weighted by Crippen LogP contribution is -2.52. The van der Waals surface area contributed by atoms with E-state index in [-0.39, 0.29) is 0 Å². The van der Waals surface area contributed by atoms with E-state index in [1.165, 1.54) is 16.8 Å². The standard InChI is InChI=1S/C30H28BrN5/c1-21-7-6-10-26(17-21)35-16-15-34(18-22(35)2)29-28-27(23-8-4-3-5-9-23)19-36(30(28)33-20-32-29)25-13-11-24(31)12-14-25/h3-14,17,19-20,22H,15-16,18H2,1-2H3/t22-/m0/s1. The fourth-order valence-corrected chi connectivity index (χ4v) is 5.53. The minimum atomic E-state index is 0.360. The molecule has 3 heterocycles. The number of nitrogens with zero attached hydrogens (tertiary/aromatic N) is 5.